The highest BCUT2D eigenvalue weighted by Gasteiger charge is 2.38. The van der Waals surface area contributed by atoms with Gasteiger partial charge < -0.3 is 15.4 Å². The van der Waals surface area contributed by atoms with Gasteiger partial charge in [-0.1, -0.05) is 6.07 Å². The normalized spacial score (nSPS) is 18.5. The number of carbonyl (C=O) groups excluding carboxylic acids is 2. The molecule has 0 spiro atoms. The molecule has 3 rings (SSSR count). The van der Waals surface area contributed by atoms with Crippen LogP contribution in [0, 0.1) is 5.82 Å². The van der Waals surface area contributed by atoms with Crippen LogP contribution in [0.4, 0.5) is 4.39 Å². The summed E-state index contributed by atoms with van der Waals surface area (Å²) in [7, 11) is 1.49. The lowest BCUT2D eigenvalue weighted by molar-refractivity contribution is -0.122. The van der Waals surface area contributed by atoms with Gasteiger partial charge in [-0.25, -0.2) is 4.39 Å². The fourth-order valence-corrected chi connectivity index (χ4v) is 3.69. The van der Waals surface area contributed by atoms with Crippen LogP contribution in [-0.4, -0.2) is 40.8 Å². The van der Waals surface area contributed by atoms with E-state index in [4.69, 9.17) is 4.74 Å². The van der Waals surface area contributed by atoms with Gasteiger partial charge in [0.25, 0.3) is 0 Å². The largest absolute Gasteiger partial charge is 0.497 e. The molecule has 2 aromatic rings. The molecule has 1 aromatic heterocycles. The van der Waals surface area contributed by atoms with Crippen molar-refractivity contribution in [1.82, 2.24) is 20.4 Å². The maximum Gasteiger partial charge on any atom is 0.220 e. The number of amides is 2. The Bertz CT molecular complexity index is 840. The van der Waals surface area contributed by atoms with Crippen molar-refractivity contribution < 1.29 is 18.7 Å². The van der Waals surface area contributed by atoms with Crippen LogP contribution in [0.2, 0.25) is 0 Å². The predicted molar refractivity (Wildman–Crippen MR) is 106 cm³/mol. The summed E-state index contributed by atoms with van der Waals surface area (Å²) in [5, 5.41) is 10.0. The number of hydrogen-bond acceptors (Lipinski definition) is 4. The summed E-state index contributed by atoms with van der Waals surface area (Å²) in [5.74, 6) is -0.0436. The third-order valence-electron chi connectivity index (χ3n) is 5.30. The fraction of sp³-hybridized carbons (Fsp3) is 0.476. The van der Waals surface area contributed by atoms with Crippen molar-refractivity contribution in [3.05, 3.63) is 48.0 Å². The van der Waals surface area contributed by atoms with E-state index in [0.29, 0.717) is 43.5 Å². The number of nitrogens with zero attached hydrogens (tertiary/aromatic N) is 2. The van der Waals surface area contributed by atoms with E-state index in [-0.39, 0.29) is 24.1 Å². The number of aromatic nitrogens is 2. The second kappa shape index (κ2) is 9.54. The first-order chi connectivity index (χ1) is 14.0. The number of aryl methyl sites for hydroxylation is 1. The summed E-state index contributed by atoms with van der Waals surface area (Å²) < 4.78 is 21.3. The Balaban J connectivity index is 1.52. The number of methoxy groups -OCH3 is 1. The number of halogens is 1. The second-order valence-corrected chi connectivity index (χ2v) is 7.44. The summed E-state index contributed by atoms with van der Waals surface area (Å²) in [6, 6.07) is 6.58. The van der Waals surface area contributed by atoms with Gasteiger partial charge in [0, 0.05) is 49.9 Å². The highest BCUT2D eigenvalue weighted by atomic mass is 19.1. The number of benzene rings is 1. The summed E-state index contributed by atoms with van der Waals surface area (Å²) >= 11 is 0. The molecular formula is C21H27FN4O3. The van der Waals surface area contributed by atoms with Crippen LogP contribution in [-0.2, 0) is 22.6 Å². The zero-order valence-corrected chi connectivity index (χ0v) is 16.6. The van der Waals surface area contributed by atoms with Gasteiger partial charge in [-0.3, -0.25) is 14.3 Å². The van der Waals surface area contributed by atoms with Crippen LogP contribution < -0.4 is 15.4 Å². The van der Waals surface area contributed by atoms with Crippen LogP contribution in [0.3, 0.4) is 0 Å². The number of rotatable bonds is 10. The molecule has 156 valence electrons. The Labute approximate surface area is 169 Å². The number of nitrogens with one attached hydrogen (secondary N) is 2. The molecule has 0 radical (unpaired) electrons. The average Bonchev–Trinajstić information content (AvgIpc) is 3.35. The molecule has 0 unspecified atom stereocenters. The van der Waals surface area contributed by atoms with E-state index >= 15 is 0 Å². The summed E-state index contributed by atoms with van der Waals surface area (Å²) in [6.07, 6.45) is 6.46. The van der Waals surface area contributed by atoms with Crippen LogP contribution in [0.15, 0.2) is 36.7 Å². The van der Waals surface area contributed by atoms with Crippen molar-refractivity contribution in [2.75, 3.05) is 13.7 Å². The van der Waals surface area contributed by atoms with Gasteiger partial charge in [-0.2, -0.15) is 5.10 Å². The Hall–Kier alpha value is -2.90. The first-order valence-corrected chi connectivity index (χ1v) is 9.87. The highest BCUT2D eigenvalue weighted by molar-refractivity contribution is 5.80. The van der Waals surface area contributed by atoms with Crippen LogP contribution in [0.1, 0.15) is 37.7 Å². The average molecular weight is 402 g/mol. The van der Waals surface area contributed by atoms with Crippen molar-refractivity contribution in [2.45, 2.75) is 50.6 Å². The molecule has 1 aromatic carbocycles. The van der Waals surface area contributed by atoms with Gasteiger partial charge in [-0.15, -0.1) is 0 Å². The molecule has 0 aliphatic carbocycles. The fourth-order valence-electron chi connectivity index (χ4n) is 3.69. The number of ether oxygens (including phenoxy) is 1. The minimum Gasteiger partial charge on any atom is -0.497 e. The van der Waals surface area contributed by atoms with Gasteiger partial charge in [0.1, 0.15) is 11.6 Å². The molecule has 0 saturated carbocycles. The van der Waals surface area contributed by atoms with E-state index in [1.807, 2.05) is 16.9 Å². The van der Waals surface area contributed by atoms with Gasteiger partial charge in [0.15, 0.2) is 0 Å². The van der Waals surface area contributed by atoms with E-state index in [0.717, 1.165) is 13.0 Å². The summed E-state index contributed by atoms with van der Waals surface area (Å²) in [5.41, 5.74) is -0.0912. The molecule has 1 fully saturated rings. The molecule has 29 heavy (non-hydrogen) atoms. The van der Waals surface area contributed by atoms with E-state index in [1.54, 1.807) is 18.3 Å². The van der Waals surface area contributed by atoms with Crippen molar-refractivity contribution in [3.63, 3.8) is 0 Å². The van der Waals surface area contributed by atoms with E-state index in [1.165, 1.54) is 13.2 Å². The molecule has 1 atom stereocenters. The van der Waals surface area contributed by atoms with Crippen LogP contribution in [0.5, 0.6) is 5.75 Å². The predicted octanol–water partition coefficient (Wildman–Crippen LogP) is 2.21. The molecule has 7 nitrogen and oxygen atoms in total. The summed E-state index contributed by atoms with van der Waals surface area (Å²) in [6.45, 7) is 1.30. The Morgan fingerprint density at radius 1 is 1.45 bits per heavy atom. The first kappa shape index (κ1) is 20.8. The first-order valence-electron chi connectivity index (χ1n) is 9.87. The lowest BCUT2D eigenvalue weighted by Crippen LogP contribution is -2.44. The molecule has 0 bridgehead atoms. The van der Waals surface area contributed by atoms with Gasteiger partial charge in [0.05, 0.1) is 7.11 Å². The smallest absolute Gasteiger partial charge is 0.220 e. The summed E-state index contributed by atoms with van der Waals surface area (Å²) in [4.78, 5) is 24.1. The SMILES string of the molecule is COc1ccc(C[C@@]2(CCC(=O)NCCCn3cccn3)CCC(=O)N2)c(F)c1. The minimum absolute atomic E-state index is 0.0569. The van der Waals surface area contributed by atoms with Gasteiger partial charge in [-0.05, 0) is 43.4 Å². The molecule has 1 aliphatic rings. The molecule has 2 heterocycles. The molecular weight excluding hydrogens is 375 g/mol. The zero-order chi connectivity index (χ0) is 20.7. The monoisotopic (exact) mass is 402 g/mol. The Morgan fingerprint density at radius 2 is 2.31 bits per heavy atom. The van der Waals surface area contributed by atoms with E-state index in [2.05, 4.69) is 15.7 Å². The van der Waals surface area contributed by atoms with E-state index in [9.17, 15) is 14.0 Å². The molecule has 1 aliphatic heterocycles. The molecule has 8 heteroatoms. The third kappa shape index (κ3) is 5.79. The van der Waals surface area contributed by atoms with Gasteiger partial charge >= 0.3 is 0 Å². The van der Waals surface area contributed by atoms with Crippen molar-refractivity contribution >= 4 is 11.8 Å². The topological polar surface area (TPSA) is 85.2 Å². The molecule has 2 amide bonds. The Morgan fingerprint density at radius 3 is 2.97 bits per heavy atom. The molecule has 2 N–H and O–H groups in total. The standard InChI is InChI=1S/C21H27FN4O3/c1-29-17-5-4-16(18(22)14-17)15-21(9-7-20(28)25-21)8-6-19(27)23-10-2-12-26-13-3-11-24-26/h3-5,11,13-14H,2,6-10,12,15H2,1H3,(H,23,27)(H,25,28)/t21-/m1/s1. The highest BCUT2D eigenvalue weighted by Crippen LogP contribution is 2.31. The van der Waals surface area contributed by atoms with Crippen molar-refractivity contribution in [1.29, 1.82) is 0 Å². The van der Waals surface area contributed by atoms with Crippen molar-refractivity contribution in [2.24, 2.45) is 0 Å². The number of hydrogen-bond donors (Lipinski definition) is 2. The lowest BCUT2D eigenvalue weighted by atomic mass is 9.84. The number of carbonyl (C=O) groups is 2. The van der Waals surface area contributed by atoms with Crippen LogP contribution >= 0.6 is 0 Å². The lowest BCUT2D eigenvalue weighted by Gasteiger charge is -2.29. The minimum atomic E-state index is -0.598. The molecule has 1 saturated heterocycles. The quantitative estimate of drug-likeness (QED) is 0.597. The van der Waals surface area contributed by atoms with E-state index < -0.39 is 5.54 Å². The maximum absolute atomic E-state index is 14.4. The van der Waals surface area contributed by atoms with Gasteiger partial charge in [0.2, 0.25) is 11.8 Å². The van der Waals surface area contributed by atoms with Crippen molar-refractivity contribution in [3.8, 4) is 5.75 Å². The van der Waals surface area contributed by atoms with Crippen LogP contribution in [0.25, 0.3) is 0 Å². The third-order valence-corrected chi connectivity index (χ3v) is 5.30. The Kier molecular flexibility index (Phi) is 6.85. The second-order valence-electron chi connectivity index (χ2n) is 7.44. The maximum atomic E-state index is 14.4. The zero-order valence-electron chi connectivity index (χ0n) is 16.6.